The van der Waals surface area contributed by atoms with Crippen LogP contribution in [-0.4, -0.2) is 33.8 Å². The zero-order valence-corrected chi connectivity index (χ0v) is 12.9. The lowest BCUT2D eigenvalue weighted by Gasteiger charge is -2.03. The number of amides is 1. The van der Waals surface area contributed by atoms with E-state index in [1.54, 1.807) is 18.2 Å². The fourth-order valence-electron chi connectivity index (χ4n) is 1.47. The Kier molecular flexibility index (Phi) is 5.50. The molecule has 0 unspecified atom stereocenters. The molecule has 0 saturated heterocycles. The second kappa shape index (κ2) is 7.56. The van der Waals surface area contributed by atoms with Crippen molar-refractivity contribution in [1.29, 1.82) is 0 Å². The Labute approximate surface area is 138 Å². The largest absolute Gasteiger partial charge is 0.355 e. The topological polar surface area (TPSA) is 132 Å². The molecule has 0 fully saturated rings. The molecule has 2 rings (SSSR count). The Balaban J connectivity index is 1.90. The minimum atomic E-state index is -0.743. The van der Waals surface area contributed by atoms with Crippen molar-refractivity contribution in [1.82, 2.24) is 20.6 Å². The number of hydrazone groups is 1. The Morgan fingerprint density at radius 1 is 1.35 bits per heavy atom. The molecule has 4 N–H and O–H groups in total. The van der Waals surface area contributed by atoms with Gasteiger partial charge in [-0.2, -0.15) is 5.10 Å². The van der Waals surface area contributed by atoms with Gasteiger partial charge in [-0.25, -0.2) is 15.3 Å². The van der Waals surface area contributed by atoms with Crippen molar-refractivity contribution in [2.45, 2.75) is 0 Å². The van der Waals surface area contributed by atoms with E-state index in [1.165, 1.54) is 6.21 Å². The molecule has 0 spiro atoms. The van der Waals surface area contributed by atoms with Crippen molar-refractivity contribution < 1.29 is 4.79 Å². The van der Waals surface area contributed by atoms with E-state index in [1.807, 2.05) is 10.1 Å². The van der Waals surface area contributed by atoms with Crippen LogP contribution in [0.15, 0.2) is 32.9 Å². The van der Waals surface area contributed by atoms with Gasteiger partial charge in [0.1, 0.15) is 0 Å². The van der Waals surface area contributed by atoms with Gasteiger partial charge in [0.15, 0.2) is 0 Å². The molecule has 120 valence electrons. The normalized spacial score (nSPS) is 10.7. The summed E-state index contributed by atoms with van der Waals surface area (Å²) >= 11 is 11.8. The van der Waals surface area contributed by atoms with E-state index in [-0.39, 0.29) is 12.4 Å². The average molecular weight is 357 g/mol. The number of benzene rings is 1. The number of nitrogens with one attached hydrogen (secondary N) is 4. The molecule has 0 bridgehead atoms. The number of hydrogen-bond donors (Lipinski definition) is 4. The number of carbonyl (C=O) groups is 1. The summed E-state index contributed by atoms with van der Waals surface area (Å²) in [6, 6.07) is 4.98. The number of nitrogens with zero attached hydrogens (tertiary/aromatic N) is 2. The first-order valence-corrected chi connectivity index (χ1v) is 6.92. The lowest BCUT2D eigenvalue weighted by molar-refractivity contribution is -0.119. The molecule has 1 aromatic carbocycles. The molecule has 1 aromatic heterocycles. The van der Waals surface area contributed by atoms with Crippen LogP contribution in [-0.2, 0) is 4.79 Å². The van der Waals surface area contributed by atoms with Gasteiger partial charge in [0.05, 0.1) is 22.8 Å². The van der Waals surface area contributed by atoms with E-state index >= 15 is 0 Å². The monoisotopic (exact) mass is 356 g/mol. The van der Waals surface area contributed by atoms with Gasteiger partial charge >= 0.3 is 5.69 Å². The fraction of sp³-hybridized carbons (Fsp3) is 0.0833. The number of aromatic amines is 2. The van der Waals surface area contributed by atoms with Crippen molar-refractivity contribution in [3.63, 3.8) is 0 Å². The number of halogens is 2. The summed E-state index contributed by atoms with van der Waals surface area (Å²) in [5.41, 5.74) is 1.28. The van der Waals surface area contributed by atoms with Crippen molar-refractivity contribution in [3.8, 4) is 0 Å². The summed E-state index contributed by atoms with van der Waals surface area (Å²) in [6.07, 6.45) is 1.33. The molecular weight excluding hydrogens is 347 g/mol. The van der Waals surface area contributed by atoms with Crippen molar-refractivity contribution in [2.24, 2.45) is 5.10 Å². The van der Waals surface area contributed by atoms with Crippen molar-refractivity contribution in [3.05, 3.63) is 54.6 Å². The van der Waals surface area contributed by atoms with E-state index in [4.69, 9.17) is 23.2 Å². The van der Waals surface area contributed by atoms with E-state index < -0.39 is 17.2 Å². The molecule has 23 heavy (non-hydrogen) atoms. The van der Waals surface area contributed by atoms with Crippen LogP contribution in [0.2, 0.25) is 10.0 Å². The molecule has 1 heterocycles. The van der Waals surface area contributed by atoms with Crippen LogP contribution in [0.5, 0.6) is 0 Å². The number of rotatable bonds is 5. The zero-order valence-electron chi connectivity index (χ0n) is 11.4. The lowest BCUT2D eigenvalue weighted by Crippen LogP contribution is -2.31. The third-order valence-corrected chi connectivity index (χ3v) is 3.34. The van der Waals surface area contributed by atoms with Crippen molar-refractivity contribution in [2.75, 3.05) is 11.9 Å². The molecular formula is C12H10Cl2N6O3. The highest BCUT2D eigenvalue weighted by Gasteiger charge is 2.05. The number of H-pyrrole nitrogens is 2. The van der Waals surface area contributed by atoms with Crippen molar-refractivity contribution >= 4 is 41.1 Å². The summed E-state index contributed by atoms with van der Waals surface area (Å²) in [6.45, 7) is -0.275. The summed E-state index contributed by atoms with van der Waals surface area (Å²) in [5.74, 6) is -0.728. The smallest absolute Gasteiger partial charge is 0.342 e. The third-order valence-electron chi connectivity index (χ3n) is 2.50. The van der Waals surface area contributed by atoms with Crippen LogP contribution < -0.4 is 22.0 Å². The molecule has 0 aliphatic rings. The van der Waals surface area contributed by atoms with Gasteiger partial charge in [-0.15, -0.1) is 5.10 Å². The highest BCUT2D eigenvalue weighted by molar-refractivity contribution is 6.43. The predicted molar refractivity (Wildman–Crippen MR) is 86.2 cm³/mol. The highest BCUT2D eigenvalue weighted by atomic mass is 35.5. The Morgan fingerprint density at radius 3 is 2.87 bits per heavy atom. The molecule has 0 saturated carbocycles. The molecule has 0 radical (unpaired) electrons. The maximum atomic E-state index is 11.6. The predicted octanol–water partition coefficient (Wildman–Crippen LogP) is 0.327. The molecule has 1 amide bonds. The van der Waals surface area contributed by atoms with Gasteiger partial charge in [-0.05, 0) is 6.07 Å². The minimum Gasteiger partial charge on any atom is -0.355 e. The summed E-state index contributed by atoms with van der Waals surface area (Å²) in [5, 5.41) is 12.3. The quantitative estimate of drug-likeness (QED) is 0.452. The molecule has 0 aliphatic heterocycles. The first kappa shape index (κ1) is 16.7. The van der Waals surface area contributed by atoms with Crippen LogP contribution in [0.4, 0.5) is 5.82 Å². The van der Waals surface area contributed by atoms with E-state index in [0.29, 0.717) is 15.6 Å². The van der Waals surface area contributed by atoms with E-state index in [2.05, 4.69) is 20.9 Å². The number of aromatic nitrogens is 3. The third kappa shape index (κ3) is 4.66. The van der Waals surface area contributed by atoms with Gasteiger partial charge in [0.25, 0.3) is 11.5 Å². The Morgan fingerprint density at radius 2 is 2.13 bits per heavy atom. The van der Waals surface area contributed by atoms with Gasteiger partial charge in [0, 0.05) is 5.56 Å². The summed E-state index contributed by atoms with van der Waals surface area (Å²) in [4.78, 5) is 35.7. The number of carbonyl (C=O) groups excluding carboxylic acids is 1. The first-order chi connectivity index (χ1) is 11.0. The van der Waals surface area contributed by atoms with Gasteiger partial charge in [-0.1, -0.05) is 35.3 Å². The zero-order chi connectivity index (χ0) is 16.8. The highest BCUT2D eigenvalue weighted by Crippen LogP contribution is 2.23. The molecule has 0 aliphatic carbocycles. The van der Waals surface area contributed by atoms with Crippen LogP contribution >= 0.6 is 23.2 Å². The number of anilines is 1. The Hall–Kier alpha value is -2.65. The van der Waals surface area contributed by atoms with Gasteiger partial charge in [-0.3, -0.25) is 14.6 Å². The second-order valence-corrected chi connectivity index (χ2v) is 4.93. The van der Waals surface area contributed by atoms with Gasteiger partial charge < -0.3 is 5.32 Å². The molecule has 0 atom stereocenters. The van der Waals surface area contributed by atoms with E-state index in [0.717, 1.165) is 0 Å². The molecule has 2 aromatic rings. The maximum absolute atomic E-state index is 11.6. The summed E-state index contributed by atoms with van der Waals surface area (Å²) < 4.78 is 0. The standard InChI is InChI=1S/C12H10Cl2N6O3/c13-7-3-1-2-6(9(7)14)4-16-18-8(21)5-15-10-11(22)17-12(23)20-19-10/h1-4H,5H2,(H,15,19)(H,18,21)(H2,17,20,22,23)/b16-4+. The summed E-state index contributed by atoms with van der Waals surface area (Å²) in [7, 11) is 0. The van der Waals surface area contributed by atoms with Crippen LogP contribution in [0.3, 0.4) is 0 Å². The lowest BCUT2D eigenvalue weighted by atomic mass is 10.2. The van der Waals surface area contributed by atoms with Gasteiger partial charge in [0.2, 0.25) is 5.82 Å². The molecule has 11 heteroatoms. The fourth-order valence-corrected chi connectivity index (χ4v) is 1.82. The minimum absolute atomic E-state index is 0.193. The maximum Gasteiger partial charge on any atom is 0.342 e. The van der Waals surface area contributed by atoms with E-state index in [9.17, 15) is 14.4 Å². The molecule has 9 nitrogen and oxygen atoms in total. The SMILES string of the molecule is O=C(CNc1n[nH]c(=O)[nH]c1=O)N/N=C/c1cccc(Cl)c1Cl. The first-order valence-electron chi connectivity index (χ1n) is 6.16. The van der Waals surface area contributed by atoms with Crippen LogP contribution in [0, 0.1) is 0 Å². The average Bonchev–Trinajstić information content (AvgIpc) is 2.50. The Bertz CT molecular complexity index is 860. The van der Waals surface area contributed by atoms with Crippen LogP contribution in [0.1, 0.15) is 5.56 Å². The number of hydrogen-bond acceptors (Lipinski definition) is 6. The van der Waals surface area contributed by atoms with Crippen LogP contribution in [0.25, 0.3) is 0 Å². The second-order valence-electron chi connectivity index (χ2n) is 4.15.